The van der Waals surface area contributed by atoms with Gasteiger partial charge in [0.25, 0.3) is 0 Å². The monoisotopic (exact) mass is 333 g/mol. The van der Waals surface area contributed by atoms with E-state index in [-0.39, 0.29) is 5.75 Å². The Morgan fingerprint density at radius 3 is 2.11 bits per heavy atom. The molecular formula is C13H11BrF3NO. The average Bonchev–Trinajstić information content (AvgIpc) is 2.58. The summed E-state index contributed by atoms with van der Waals surface area (Å²) in [5.74, 6) is -0.245. The van der Waals surface area contributed by atoms with Crippen molar-refractivity contribution < 1.29 is 17.9 Å². The van der Waals surface area contributed by atoms with Gasteiger partial charge in [0.05, 0.1) is 5.69 Å². The van der Waals surface area contributed by atoms with E-state index in [1.54, 1.807) is 6.07 Å². The van der Waals surface area contributed by atoms with Gasteiger partial charge >= 0.3 is 6.36 Å². The molecule has 19 heavy (non-hydrogen) atoms. The number of ether oxygens (including phenoxy) is 1. The average molecular weight is 334 g/mol. The Balaban J connectivity index is 2.40. The van der Waals surface area contributed by atoms with Gasteiger partial charge < -0.3 is 9.30 Å². The van der Waals surface area contributed by atoms with Crippen molar-refractivity contribution in [3.8, 4) is 11.4 Å². The minimum absolute atomic E-state index is 0.245. The Kier molecular flexibility index (Phi) is 3.62. The molecule has 0 amide bonds. The lowest BCUT2D eigenvalue weighted by Gasteiger charge is -2.14. The molecule has 0 aliphatic carbocycles. The van der Waals surface area contributed by atoms with Gasteiger partial charge in [-0.15, -0.1) is 13.2 Å². The maximum atomic E-state index is 12.1. The molecule has 0 unspecified atom stereocenters. The van der Waals surface area contributed by atoms with E-state index in [1.807, 2.05) is 30.5 Å². The smallest absolute Gasteiger partial charge is 0.406 e. The molecule has 1 aromatic carbocycles. The minimum atomic E-state index is -4.68. The highest BCUT2D eigenvalue weighted by Gasteiger charge is 2.31. The number of hydrogen-bond donors (Lipinski definition) is 0. The molecule has 0 spiro atoms. The van der Waals surface area contributed by atoms with E-state index in [4.69, 9.17) is 0 Å². The van der Waals surface area contributed by atoms with Crippen LogP contribution in [0.3, 0.4) is 0 Å². The van der Waals surface area contributed by atoms with Crippen LogP contribution >= 0.6 is 15.9 Å². The number of nitrogens with zero attached hydrogens (tertiary/aromatic N) is 1. The first kappa shape index (κ1) is 14.0. The highest BCUT2D eigenvalue weighted by atomic mass is 79.9. The van der Waals surface area contributed by atoms with Gasteiger partial charge in [-0.1, -0.05) is 0 Å². The minimum Gasteiger partial charge on any atom is -0.406 e. The van der Waals surface area contributed by atoms with Crippen LogP contribution < -0.4 is 4.74 Å². The topological polar surface area (TPSA) is 14.2 Å². The Labute approximate surface area is 116 Å². The number of halogens is 4. The quantitative estimate of drug-likeness (QED) is 0.773. The molecule has 0 aliphatic heterocycles. The third kappa shape index (κ3) is 3.12. The van der Waals surface area contributed by atoms with E-state index in [2.05, 4.69) is 20.7 Å². The highest BCUT2D eigenvalue weighted by Crippen LogP contribution is 2.31. The Morgan fingerprint density at radius 2 is 1.63 bits per heavy atom. The van der Waals surface area contributed by atoms with Gasteiger partial charge in [0, 0.05) is 15.9 Å². The van der Waals surface area contributed by atoms with Gasteiger partial charge in [-0.25, -0.2) is 0 Å². The van der Waals surface area contributed by atoms with Crippen molar-refractivity contribution in [2.24, 2.45) is 0 Å². The molecule has 2 nitrogen and oxygen atoms in total. The molecule has 0 radical (unpaired) electrons. The summed E-state index contributed by atoms with van der Waals surface area (Å²) in [4.78, 5) is 0. The standard InChI is InChI=1S/C13H11BrF3NO/c1-8-3-4-9(2)18(8)12-6-5-10(7-11(12)14)19-13(15,16)17/h3-7H,1-2H3. The molecule has 0 aliphatic rings. The van der Waals surface area contributed by atoms with Crippen LogP contribution in [0.25, 0.3) is 5.69 Å². The van der Waals surface area contributed by atoms with Crippen molar-refractivity contribution in [1.29, 1.82) is 0 Å². The number of alkyl halides is 3. The molecule has 2 aromatic rings. The predicted molar refractivity (Wildman–Crippen MR) is 69.6 cm³/mol. The third-order valence-electron chi connectivity index (χ3n) is 2.66. The molecule has 0 saturated heterocycles. The second kappa shape index (κ2) is 4.92. The molecule has 6 heteroatoms. The lowest BCUT2D eigenvalue weighted by atomic mass is 10.3. The normalized spacial score (nSPS) is 11.7. The number of aryl methyl sites for hydroxylation is 2. The van der Waals surface area contributed by atoms with Gasteiger partial charge in [0.2, 0.25) is 0 Å². The van der Waals surface area contributed by atoms with E-state index in [0.717, 1.165) is 17.1 Å². The fraction of sp³-hybridized carbons (Fsp3) is 0.231. The molecule has 0 saturated carbocycles. The summed E-state index contributed by atoms with van der Waals surface area (Å²) in [6.07, 6.45) is -4.68. The summed E-state index contributed by atoms with van der Waals surface area (Å²) in [5, 5.41) is 0. The molecule has 0 fully saturated rings. The number of benzene rings is 1. The first-order valence-electron chi connectivity index (χ1n) is 5.48. The van der Waals surface area contributed by atoms with Gasteiger partial charge in [-0.3, -0.25) is 0 Å². The molecule has 1 heterocycles. The summed E-state index contributed by atoms with van der Waals surface area (Å²) < 4.78 is 42.8. The van der Waals surface area contributed by atoms with Gasteiger partial charge in [-0.05, 0) is 60.1 Å². The SMILES string of the molecule is Cc1ccc(C)n1-c1ccc(OC(F)(F)F)cc1Br. The summed E-state index contributed by atoms with van der Waals surface area (Å²) in [6, 6.07) is 8.09. The molecule has 1 aromatic heterocycles. The van der Waals surface area contributed by atoms with Crippen LogP contribution in [0.2, 0.25) is 0 Å². The Hall–Kier alpha value is -1.43. The first-order chi connectivity index (χ1) is 8.78. The van der Waals surface area contributed by atoms with Crippen LogP contribution in [-0.2, 0) is 0 Å². The van der Waals surface area contributed by atoms with Crippen molar-refractivity contribution in [3.05, 3.63) is 46.2 Å². The lowest BCUT2D eigenvalue weighted by Crippen LogP contribution is -2.17. The van der Waals surface area contributed by atoms with Crippen LogP contribution in [0, 0.1) is 13.8 Å². The highest BCUT2D eigenvalue weighted by molar-refractivity contribution is 9.10. The van der Waals surface area contributed by atoms with E-state index >= 15 is 0 Å². The molecule has 102 valence electrons. The molecular weight excluding hydrogens is 323 g/mol. The summed E-state index contributed by atoms with van der Waals surface area (Å²) >= 11 is 3.28. The number of rotatable bonds is 2. The fourth-order valence-corrected chi connectivity index (χ4v) is 2.45. The third-order valence-corrected chi connectivity index (χ3v) is 3.30. The zero-order valence-corrected chi connectivity index (χ0v) is 11.8. The van der Waals surface area contributed by atoms with E-state index < -0.39 is 6.36 Å². The summed E-state index contributed by atoms with van der Waals surface area (Å²) in [7, 11) is 0. The Bertz CT molecular complexity index is 585. The van der Waals surface area contributed by atoms with Crippen LogP contribution in [-0.4, -0.2) is 10.9 Å². The summed E-state index contributed by atoms with van der Waals surface area (Å²) in [5.41, 5.74) is 2.78. The van der Waals surface area contributed by atoms with Crippen LogP contribution in [0.15, 0.2) is 34.8 Å². The van der Waals surface area contributed by atoms with Crippen LogP contribution in [0.5, 0.6) is 5.75 Å². The Morgan fingerprint density at radius 1 is 1.05 bits per heavy atom. The zero-order valence-electron chi connectivity index (χ0n) is 10.3. The first-order valence-corrected chi connectivity index (χ1v) is 6.28. The van der Waals surface area contributed by atoms with Crippen molar-refractivity contribution in [3.63, 3.8) is 0 Å². The summed E-state index contributed by atoms with van der Waals surface area (Å²) in [6.45, 7) is 3.86. The van der Waals surface area contributed by atoms with E-state index in [0.29, 0.717) is 4.47 Å². The second-order valence-electron chi connectivity index (χ2n) is 4.11. The van der Waals surface area contributed by atoms with Crippen molar-refractivity contribution in [1.82, 2.24) is 4.57 Å². The van der Waals surface area contributed by atoms with E-state index in [9.17, 15) is 13.2 Å². The molecule has 0 N–H and O–H groups in total. The van der Waals surface area contributed by atoms with Crippen molar-refractivity contribution in [2.75, 3.05) is 0 Å². The van der Waals surface area contributed by atoms with Gasteiger partial charge in [0.1, 0.15) is 5.75 Å². The van der Waals surface area contributed by atoms with Crippen molar-refractivity contribution in [2.45, 2.75) is 20.2 Å². The predicted octanol–water partition coefficient (Wildman–Crippen LogP) is 4.76. The van der Waals surface area contributed by atoms with Crippen molar-refractivity contribution >= 4 is 15.9 Å². The number of aromatic nitrogens is 1. The van der Waals surface area contributed by atoms with Gasteiger partial charge in [0.15, 0.2) is 0 Å². The van der Waals surface area contributed by atoms with Crippen LogP contribution in [0.1, 0.15) is 11.4 Å². The van der Waals surface area contributed by atoms with Gasteiger partial charge in [-0.2, -0.15) is 0 Å². The fourth-order valence-electron chi connectivity index (χ4n) is 1.91. The largest absolute Gasteiger partial charge is 0.573 e. The van der Waals surface area contributed by atoms with E-state index in [1.165, 1.54) is 12.1 Å². The molecule has 0 atom stereocenters. The molecule has 2 rings (SSSR count). The zero-order chi connectivity index (χ0) is 14.2. The van der Waals surface area contributed by atoms with Crippen LogP contribution in [0.4, 0.5) is 13.2 Å². The number of hydrogen-bond acceptors (Lipinski definition) is 1. The maximum absolute atomic E-state index is 12.1. The lowest BCUT2D eigenvalue weighted by molar-refractivity contribution is -0.274. The maximum Gasteiger partial charge on any atom is 0.573 e. The second-order valence-corrected chi connectivity index (χ2v) is 4.97. The molecule has 0 bridgehead atoms.